The maximum Gasteiger partial charge on any atom is 0.258 e. The van der Waals surface area contributed by atoms with Gasteiger partial charge in [-0.25, -0.2) is 4.39 Å². The van der Waals surface area contributed by atoms with Crippen molar-refractivity contribution in [2.75, 3.05) is 13.6 Å². The fourth-order valence-corrected chi connectivity index (χ4v) is 5.12. The van der Waals surface area contributed by atoms with Gasteiger partial charge in [0.1, 0.15) is 21.2 Å². The minimum absolute atomic E-state index is 0.0342. The van der Waals surface area contributed by atoms with Crippen LogP contribution in [0.5, 0.6) is 5.75 Å². The van der Waals surface area contributed by atoms with Crippen molar-refractivity contribution >= 4 is 23.3 Å². The Hall–Kier alpha value is -3.13. The van der Waals surface area contributed by atoms with Crippen LogP contribution in [0.15, 0.2) is 29.3 Å². The number of rotatable bonds is 4. The van der Waals surface area contributed by atoms with E-state index in [1.165, 1.54) is 23.5 Å². The summed E-state index contributed by atoms with van der Waals surface area (Å²) in [5, 5.41) is 22.4. The molecule has 0 saturated carbocycles. The van der Waals surface area contributed by atoms with Crippen molar-refractivity contribution in [2.45, 2.75) is 26.3 Å². The third kappa shape index (κ3) is 3.50. The lowest BCUT2D eigenvalue weighted by Gasteiger charge is -2.18. The van der Waals surface area contributed by atoms with Crippen molar-refractivity contribution in [1.29, 1.82) is 0 Å². The number of hydrogen-bond donors (Lipinski definition) is 1. The van der Waals surface area contributed by atoms with E-state index in [9.17, 15) is 14.3 Å². The molecule has 0 saturated heterocycles. The summed E-state index contributed by atoms with van der Waals surface area (Å²) in [6, 6.07) is 6.51. The van der Waals surface area contributed by atoms with E-state index < -0.39 is 0 Å². The third-order valence-corrected chi connectivity index (χ3v) is 6.70. The molecule has 0 aliphatic carbocycles. The molecule has 31 heavy (non-hydrogen) atoms. The van der Waals surface area contributed by atoms with E-state index in [1.807, 2.05) is 6.92 Å². The maximum atomic E-state index is 13.3. The Kier molecular flexibility index (Phi) is 4.81. The van der Waals surface area contributed by atoms with Crippen LogP contribution in [0.4, 0.5) is 4.39 Å². The highest BCUT2D eigenvalue weighted by Gasteiger charge is 2.33. The Labute approximate surface area is 182 Å². The van der Waals surface area contributed by atoms with Crippen LogP contribution in [0.1, 0.15) is 37.1 Å². The van der Waals surface area contributed by atoms with Crippen LogP contribution in [0.3, 0.4) is 0 Å². The molecule has 1 aromatic heterocycles. The molecule has 0 radical (unpaired) electrons. The van der Waals surface area contributed by atoms with E-state index in [0.717, 1.165) is 38.3 Å². The average molecular weight is 437 g/mol. The zero-order chi connectivity index (χ0) is 21.7. The first kappa shape index (κ1) is 19.8. The normalized spacial score (nSPS) is 17.2. The molecule has 5 rings (SSSR count). The maximum absolute atomic E-state index is 13.3. The largest absolute Gasteiger partial charge is 0.505 e. The summed E-state index contributed by atoms with van der Waals surface area (Å²) >= 11 is 1.53. The second kappa shape index (κ2) is 7.53. The fraction of sp³-hybridized carbons (Fsp3) is 0.304. The molecule has 158 valence electrons. The summed E-state index contributed by atoms with van der Waals surface area (Å²) in [6.07, 6.45) is 3.39. The molecule has 6 nitrogen and oxygen atoms in total. The number of aryl methyl sites for hydroxylation is 1. The molecule has 2 aliphatic rings. The lowest BCUT2D eigenvalue weighted by molar-refractivity contribution is 0.0814. The summed E-state index contributed by atoms with van der Waals surface area (Å²) in [5.41, 5.74) is 3.20. The van der Waals surface area contributed by atoms with Gasteiger partial charge in [-0.2, -0.15) is 0 Å². The van der Waals surface area contributed by atoms with Crippen LogP contribution in [-0.4, -0.2) is 39.7 Å². The molecule has 0 spiro atoms. The number of benzene rings is 2. The molecule has 8 heteroatoms. The smallest absolute Gasteiger partial charge is 0.258 e. The van der Waals surface area contributed by atoms with Crippen LogP contribution in [0, 0.1) is 18.7 Å². The Morgan fingerprint density at radius 1 is 1.26 bits per heavy atom. The first-order valence-corrected chi connectivity index (χ1v) is 10.9. The molecule has 1 N–H and O–H groups in total. The van der Waals surface area contributed by atoms with Gasteiger partial charge in [-0.1, -0.05) is 18.2 Å². The summed E-state index contributed by atoms with van der Waals surface area (Å²) in [5.74, 6) is -0.364. The molecule has 2 aromatic carbocycles. The zero-order valence-corrected chi connectivity index (χ0v) is 18.0. The topological polar surface area (TPSA) is 78.7 Å². The molecule has 3 heterocycles. The number of carbonyl (C=O) groups is 1. The Balaban J connectivity index is 1.64. The van der Waals surface area contributed by atoms with Gasteiger partial charge in [-0.15, -0.1) is 21.5 Å². The Bertz CT molecular complexity index is 1320. The number of fused-ring (bicyclic) bond motifs is 2. The number of phenolic OH excluding ortho intramolecular Hbond substituents is 1. The van der Waals surface area contributed by atoms with E-state index in [2.05, 4.69) is 21.3 Å². The number of carbonyl (C=O) groups excluding carboxylic acids is 1. The van der Waals surface area contributed by atoms with Crippen LogP contribution in [0.25, 0.3) is 6.08 Å². The van der Waals surface area contributed by atoms with Gasteiger partial charge in [0.25, 0.3) is 5.91 Å². The lowest BCUT2D eigenvalue weighted by atomic mass is 9.91. The molecular formula is C23H21FN4O2S. The highest BCUT2D eigenvalue weighted by molar-refractivity contribution is 7.11. The van der Waals surface area contributed by atoms with Crippen LogP contribution in [-0.2, 0) is 19.4 Å². The summed E-state index contributed by atoms with van der Waals surface area (Å²) in [7, 11) is 1.73. The predicted octanol–water partition coefficient (Wildman–Crippen LogP) is 2.14. The van der Waals surface area contributed by atoms with Crippen molar-refractivity contribution in [3.63, 3.8) is 0 Å². The van der Waals surface area contributed by atoms with Gasteiger partial charge in [0.2, 0.25) is 0 Å². The number of hydrogen-bond acceptors (Lipinski definition) is 6. The molecule has 3 aromatic rings. The van der Waals surface area contributed by atoms with Crippen molar-refractivity contribution in [2.24, 2.45) is 10.9 Å². The zero-order valence-electron chi connectivity index (χ0n) is 17.2. The van der Waals surface area contributed by atoms with E-state index >= 15 is 0 Å². The van der Waals surface area contributed by atoms with Gasteiger partial charge in [0.05, 0.1) is 5.56 Å². The second-order valence-corrected chi connectivity index (χ2v) is 9.36. The van der Waals surface area contributed by atoms with Gasteiger partial charge in [0.15, 0.2) is 5.75 Å². The van der Waals surface area contributed by atoms with Gasteiger partial charge >= 0.3 is 0 Å². The van der Waals surface area contributed by atoms with Crippen LogP contribution in [0.2, 0.25) is 0 Å². The van der Waals surface area contributed by atoms with Crippen molar-refractivity contribution in [3.8, 4) is 5.75 Å². The quantitative estimate of drug-likeness (QED) is 0.680. The second-order valence-electron chi connectivity index (χ2n) is 8.09. The molecule has 1 unspecified atom stereocenters. The average Bonchev–Trinajstić information content (AvgIpc) is 3.29. The van der Waals surface area contributed by atoms with Gasteiger partial charge in [-0.3, -0.25) is 9.79 Å². The number of phenols is 1. The standard InChI is InChI=1S/C23H21FN4O2S/c1-12-26-27-19(31-12)9-16-17-8-14(7-13-3-5-15(24)6-4-13)10-25-21(17)22(29)20-18(16)11-28(2)23(20)30/h3-6,8,14,29H,7,9-11H2,1-2H3. The number of amides is 1. The van der Waals surface area contributed by atoms with Crippen LogP contribution < -0.4 is 10.6 Å². The van der Waals surface area contributed by atoms with E-state index in [4.69, 9.17) is 0 Å². The van der Waals surface area contributed by atoms with Crippen molar-refractivity contribution in [1.82, 2.24) is 15.1 Å². The van der Waals surface area contributed by atoms with E-state index in [-0.39, 0.29) is 23.4 Å². The number of halogens is 1. The highest BCUT2D eigenvalue weighted by Crippen LogP contribution is 2.30. The number of nitrogens with zero attached hydrogens (tertiary/aromatic N) is 4. The molecule has 0 fully saturated rings. The van der Waals surface area contributed by atoms with Crippen molar-refractivity contribution in [3.05, 3.63) is 72.9 Å². The lowest BCUT2D eigenvalue weighted by Crippen LogP contribution is -2.37. The number of aromatic nitrogens is 2. The SMILES string of the molecule is Cc1nnc(Cc2c3c(c(O)c4c2=CC(Cc2ccc(F)cc2)CN=4)C(=O)N(C)C3)s1. The van der Waals surface area contributed by atoms with E-state index in [0.29, 0.717) is 30.4 Å². The molecule has 1 atom stereocenters. The molecule has 0 bridgehead atoms. The predicted molar refractivity (Wildman–Crippen MR) is 115 cm³/mol. The minimum atomic E-state index is -0.254. The molecule has 1 amide bonds. The number of aromatic hydroxyl groups is 1. The van der Waals surface area contributed by atoms with Crippen molar-refractivity contribution < 1.29 is 14.3 Å². The minimum Gasteiger partial charge on any atom is -0.505 e. The Morgan fingerprint density at radius 2 is 2.03 bits per heavy atom. The summed E-state index contributed by atoms with van der Waals surface area (Å²) in [6.45, 7) is 2.85. The highest BCUT2D eigenvalue weighted by atomic mass is 32.1. The molecule has 2 aliphatic heterocycles. The summed E-state index contributed by atoms with van der Waals surface area (Å²) < 4.78 is 13.3. The first-order valence-electron chi connectivity index (χ1n) is 10.1. The van der Waals surface area contributed by atoms with E-state index in [1.54, 1.807) is 24.1 Å². The third-order valence-electron chi connectivity index (χ3n) is 5.86. The van der Waals surface area contributed by atoms with Gasteiger partial charge in [-0.05, 0) is 42.2 Å². The fourth-order valence-electron chi connectivity index (χ4n) is 4.40. The molecular weight excluding hydrogens is 415 g/mol. The van der Waals surface area contributed by atoms with Gasteiger partial charge < -0.3 is 10.0 Å². The van der Waals surface area contributed by atoms with Gasteiger partial charge in [0, 0.05) is 37.7 Å². The summed E-state index contributed by atoms with van der Waals surface area (Å²) in [4.78, 5) is 19.0. The Morgan fingerprint density at radius 3 is 2.74 bits per heavy atom. The first-order chi connectivity index (χ1) is 14.9. The van der Waals surface area contributed by atoms with Crippen LogP contribution >= 0.6 is 11.3 Å². The monoisotopic (exact) mass is 436 g/mol.